The van der Waals surface area contributed by atoms with Crippen LogP contribution in [-0.2, 0) is 0 Å². The van der Waals surface area contributed by atoms with E-state index in [0.29, 0.717) is 9.79 Å². The molecule has 0 aliphatic carbocycles. The molecule has 4 nitrogen and oxygen atoms in total. The van der Waals surface area contributed by atoms with Gasteiger partial charge in [-0.1, -0.05) is 36.0 Å². The van der Waals surface area contributed by atoms with Gasteiger partial charge in [0.15, 0.2) is 0 Å². The maximum Gasteiger partial charge on any atom is 0.336 e. The molecule has 7 heteroatoms. The quantitative estimate of drug-likeness (QED) is 0.0839. The maximum atomic E-state index is 11.1. The molecule has 0 bridgehead atoms. The summed E-state index contributed by atoms with van der Waals surface area (Å²) in [6.45, 7) is 18.9. The summed E-state index contributed by atoms with van der Waals surface area (Å²) < 4.78 is 0. The van der Waals surface area contributed by atoms with Crippen LogP contribution in [0.3, 0.4) is 0 Å². The summed E-state index contributed by atoms with van der Waals surface area (Å²) in [6.07, 6.45) is 36.3. The number of carboxylic acid groups (broad SMARTS) is 2. The molecule has 0 heterocycles. The van der Waals surface area contributed by atoms with Crippen LogP contribution >= 0.6 is 26.3 Å². The smallest absolute Gasteiger partial charge is 0.336 e. The minimum Gasteiger partial charge on any atom is -0.478 e. The summed E-state index contributed by atoms with van der Waals surface area (Å²) in [5.41, 5.74) is 0.320. The fraction of sp³-hybridized carbons (Fsp3) is 0.696. The van der Waals surface area contributed by atoms with Crippen molar-refractivity contribution in [2.45, 2.75) is 168 Å². The van der Waals surface area contributed by atoms with Gasteiger partial charge in [-0.3, -0.25) is 0 Å². The van der Waals surface area contributed by atoms with Crippen molar-refractivity contribution in [3.63, 3.8) is 0 Å². The zero-order chi connectivity index (χ0) is 39.8. The number of hydrogen-bond acceptors (Lipinski definition) is 3. The third kappa shape index (κ3) is 22.7. The second-order valence-corrected chi connectivity index (χ2v) is 26.6. The number of rotatable bonds is 28. The molecule has 0 fully saturated rings. The van der Waals surface area contributed by atoms with Crippen molar-refractivity contribution in [1.82, 2.24) is 0 Å². The van der Waals surface area contributed by atoms with Crippen molar-refractivity contribution in [2.75, 3.05) is 49.3 Å². The van der Waals surface area contributed by atoms with Crippen molar-refractivity contribution in [1.29, 1.82) is 0 Å². The molecule has 0 saturated carbocycles. The Hall–Kier alpha value is -1.41. The van der Waals surface area contributed by atoms with Crippen LogP contribution in [0.2, 0.25) is 0 Å². The van der Waals surface area contributed by atoms with E-state index < -0.39 is 26.5 Å². The summed E-state index contributed by atoms with van der Waals surface area (Å²) in [4.78, 5) is 23.2. The van der Waals surface area contributed by atoms with Crippen molar-refractivity contribution in [3.8, 4) is 0 Å². The fourth-order valence-electron chi connectivity index (χ4n) is 7.50. The Morgan fingerprint density at radius 3 is 0.811 bits per heavy atom. The van der Waals surface area contributed by atoms with E-state index in [9.17, 15) is 9.59 Å². The number of carboxylic acids is 2. The van der Waals surface area contributed by atoms with Crippen LogP contribution in [0.1, 0.15) is 179 Å². The Balaban J connectivity index is 0.000000768. The molecule has 2 rings (SSSR count). The van der Waals surface area contributed by atoms with Gasteiger partial charge in [0.1, 0.15) is 0 Å². The van der Waals surface area contributed by atoms with E-state index in [1.165, 1.54) is 115 Å². The van der Waals surface area contributed by atoms with Crippen molar-refractivity contribution in [2.24, 2.45) is 0 Å². The van der Waals surface area contributed by atoms with Gasteiger partial charge in [-0.05, 0) is 24.3 Å². The Bertz CT molecular complexity index is 1040. The normalized spacial score (nSPS) is 11.9. The Morgan fingerprint density at radius 1 is 0.415 bits per heavy atom. The van der Waals surface area contributed by atoms with Gasteiger partial charge < -0.3 is 10.2 Å². The van der Waals surface area contributed by atoms with E-state index in [2.05, 4.69) is 55.4 Å². The average Bonchev–Trinajstić information content (AvgIpc) is 3.17. The number of aromatic carboxylic acids is 2. The van der Waals surface area contributed by atoms with E-state index in [0.717, 1.165) is 11.8 Å². The van der Waals surface area contributed by atoms with E-state index in [1.54, 1.807) is 85.7 Å². The molecule has 0 atom stereocenters. The SMILES string of the molecule is CCCC[PH](CCCC)(CCCC)CCCC.CCCC[PH](CCCC)(CCCC)CCCC.O=C(O)c1ccccc1Sc1ccccc1C(=O)O. The molecule has 0 amide bonds. The summed E-state index contributed by atoms with van der Waals surface area (Å²) in [5.74, 6) is -2.06. The molecule has 0 aromatic heterocycles. The van der Waals surface area contributed by atoms with Gasteiger partial charge in [-0.15, -0.1) is 0 Å². The molecule has 0 radical (unpaired) electrons. The molecule has 0 aliphatic rings. The number of hydrogen-bond donors (Lipinski definition) is 2. The van der Waals surface area contributed by atoms with Crippen LogP contribution in [0.25, 0.3) is 0 Å². The standard InChI is InChI=1S/2C16H37P.C14H10O4S/c2*1-5-9-13-17(14-10-6-2,15-11-7-3)16-12-8-4;15-13(16)9-5-1-3-7-11(9)19-12-8-4-2-6-10(12)14(17)18/h2*17H,5-16H2,1-4H3;1-8H,(H,15,16)(H,17,18). The molecule has 2 N–H and O–H groups in total. The molecule has 2 aromatic carbocycles. The van der Waals surface area contributed by atoms with Crippen LogP contribution in [0.15, 0.2) is 58.3 Å². The van der Waals surface area contributed by atoms with Crippen molar-refractivity contribution >= 4 is 38.2 Å². The van der Waals surface area contributed by atoms with Crippen LogP contribution in [-0.4, -0.2) is 71.4 Å². The van der Waals surface area contributed by atoms with Crippen LogP contribution in [0.5, 0.6) is 0 Å². The zero-order valence-electron chi connectivity index (χ0n) is 35.7. The summed E-state index contributed by atoms with van der Waals surface area (Å²) in [5, 5.41) is 18.2. The second kappa shape index (κ2) is 32.8. The first-order chi connectivity index (χ1) is 25.6. The third-order valence-electron chi connectivity index (χ3n) is 10.9. The van der Waals surface area contributed by atoms with E-state index >= 15 is 0 Å². The second-order valence-electron chi connectivity index (χ2n) is 15.5. The van der Waals surface area contributed by atoms with Gasteiger partial charge in [0, 0.05) is 9.79 Å². The predicted molar refractivity (Wildman–Crippen MR) is 246 cm³/mol. The van der Waals surface area contributed by atoms with Gasteiger partial charge in [-0.2, -0.15) is 0 Å². The first-order valence-corrected chi connectivity index (χ1v) is 28.4. The summed E-state index contributed by atoms with van der Waals surface area (Å²) in [6, 6.07) is 13.0. The molecule has 0 unspecified atom stereocenters. The maximum absolute atomic E-state index is 11.1. The summed E-state index contributed by atoms with van der Waals surface area (Å²) in [7, 11) is -1.76. The minimum atomic E-state index is -1.03. The van der Waals surface area contributed by atoms with Gasteiger partial charge in [0.25, 0.3) is 0 Å². The van der Waals surface area contributed by atoms with Crippen molar-refractivity contribution < 1.29 is 19.8 Å². The van der Waals surface area contributed by atoms with Crippen LogP contribution in [0.4, 0.5) is 0 Å². The minimum absolute atomic E-state index is 0.160. The first-order valence-electron chi connectivity index (χ1n) is 21.9. The topological polar surface area (TPSA) is 74.6 Å². The monoisotopic (exact) mass is 795 g/mol. The van der Waals surface area contributed by atoms with E-state index in [-0.39, 0.29) is 11.1 Å². The Kier molecular flexibility index (Phi) is 31.9. The van der Waals surface area contributed by atoms with Gasteiger partial charge in [0.2, 0.25) is 0 Å². The van der Waals surface area contributed by atoms with Gasteiger partial charge in [0.05, 0.1) is 11.1 Å². The number of unbranched alkanes of at least 4 members (excludes halogenated alkanes) is 8. The molecule has 0 spiro atoms. The van der Waals surface area contributed by atoms with Crippen molar-refractivity contribution in [3.05, 3.63) is 59.7 Å². The van der Waals surface area contributed by atoms with Gasteiger partial charge in [-0.25, -0.2) is 9.59 Å². The van der Waals surface area contributed by atoms with E-state index in [4.69, 9.17) is 10.2 Å². The Labute approximate surface area is 333 Å². The molecule has 53 heavy (non-hydrogen) atoms. The van der Waals surface area contributed by atoms with Gasteiger partial charge >= 0.3 is 234 Å². The zero-order valence-corrected chi connectivity index (χ0v) is 38.5. The van der Waals surface area contributed by atoms with E-state index in [1.807, 2.05) is 0 Å². The average molecular weight is 795 g/mol. The fourth-order valence-corrected chi connectivity index (χ4v) is 20.4. The van der Waals surface area contributed by atoms with Crippen LogP contribution in [0, 0.1) is 0 Å². The third-order valence-corrected chi connectivity index (χ3v) is 23.4. The first kappa shape index (κ1) is 51.6. The molecule has 0 aliphatic heterocycles. The summed E-state index contributed by atoms with van der Waals surface area (Å²) >= 11 is 1.14. The molecular formula is C46H84O4P2S. The largest absolute Gasteiger partial charge is 0.478 e. The Morgan fingerprint density at radius 2 is 0.623 bits per heavy atom. The number of benzene rings is 2. The molecule has 2 aromatic rings. The molecule has 0 saturated heterocycles. The predicted octanol–water partition coefficient (Wildman–Crippen LogP) is 15.1. The molecule has 308 valence electrons. The van der Waals surface area contributed by atoms with Crippen LogP contribution < -0.4 is 0 Å². The number of carbonyl (C=O) groups is 2. The molecular weight excluding hydrogens is 711 g/mol.